The van der Waals surface area contributed by atoms with Gasteiger partial charge in [0.1, 0.15) is 0 Å². The zero-order valence-corrected chi connectivity index (χ0v) is 7.40. The Morgan fingerprint density at radius 1 is 1.30 bits per heavy atom. The SMILES string of the molecule is BBB(C)C1CCCCC1. The van der Waals surface area contributed by atoms with Gasteiger partial charge in [0.2, 0.25) is 0 Å². The highest BCUT2D eigenvalue weighted by Gasteiger charge is 2.20. The molecule has 0 atom stereocenters. The summed E-state index contributed by atoms with van der Waals surface area (Å²) < 4.78 is 0. The number of rotatable bonds is 2. The van der Waals surface area contributed by atoms with Gasteiger partial charge in [-0.05, 0) is 0 Å². The van der Waals surface area contributed by atoms with Gasteiger partial charge in [0.25, 0.3) is 0 Å². The number of hydrogen-bond acceptors (Lipinski definition) is 0. The van der Waals surface area contributed by atoms with Crippen LogP contribution in [0.1, 0.15) is 32.1 Å². The summed E-state index contributed by atoms with van der Waals surface area (Å²) in [6.45, 7) is 3.40. The van der Waals surface area contributed by atoms with E-state index in [1.165, 1.54) is 39.2 Å². The minimum atomic E-state index is 0.986. The molecule has 0 radical (unpaired) electrons. The van der Waals surface area contributed by atoms with E-state index < -0.39 is 0 Å². The lowest BCUT2D eigenvalue weighted by atomic mass is 9.10. The Kier molecular flexibility index (Phi) is 3.44. The van der Waals surface area contributed by atoms with Crippen LogP contribution in [0.15, 0.2) is 0 Å². The summed E-state index contributed by atoms with van der Waals surface area (Å²) in [4.78, 5) is 0. The molecule has 0 amide bonds. The lowest BCUT2D eigenvalue weighted by Gasteiger charge is -2.24. The van der Waals surface area contributed by atoms with E-state index in [2.05, 4.69) is 14.6 Å². The van der Waals surface area contributed by atoms with Gasteiger partial charge in [0.05, 0.1) is 21.4 Å². The van der Waals surface area contributed by atoms with Gasteiger partial charge in [0, 0.05) is 0 Å². The van der Waals surface area contributed by atoms with Crippen LogP contribution in [-0.2, 0) is 0 Å². The summed E-state index contributed by atoms with van der Waals surface area (Å²) in [5.41, 5.74) is 0. The molecule has 0 spiro atoms. The molecule has 0 aromatic carbocycles. The Morgan fingerprint density at radius 3 is 2.40 bits per heavy atom. The van der Waals surface area contributed by atoms with Gasteiger partial charge in [-0.15, -0.1) is 0 Å². The van der Waals surface area contributed by atoms with Crippen molar-refractivity contribution in [1.82, 2.24) is 0 Å². The Hall–Kier alpha value is 0.195. The fourth-order valence-corrected chi connectivity index (χ4v) is 2.04. The van der Waals surface area contributed by atoms with Crippen molar-refractivity contribution in [3.63, 3.8) is 0 Å². The number of hydrogen-bond donors (Lipinski definition) is 0. The van der Waals surface area contributed by atoms with Crippen molar-refractivity contribution < 1.29 is 0 Å². The highest BCUT2D eigenvalue weighted by molar-refractivity contribution is 7.31. The second-order valence-corrected chi connectivity index (χ2v) is 3.78. The molecule has 1 aliphatic rings. The van der Waals surface area contributed by atoms with Crippen LogP contribution in [0, 0.1) is 0 Å². The molecule has 0 saturated heterocycles. The minimum Gasteiger partial charge on any atom is -0.0927 e. The maximum atomic E-state index is 2.41. The van der Waals surface area contributed by atoms with E-state index in [4.69, 9.17) is 0 Å². The molecule has 1 saturated carbocycles. The van der Waals surface area contributed by atoms with E-state index in [1.54, 1.807) is 0 Å². The Bertz CT molecular complexity index is 88.9. The smallest absolute Gasteiger partial charge is 0.0927 e. The van der Waals surface area contributed by atoms with E-state index in [0.717, 1.165) is 12.4 Å². The third kappa shape index (κ3) is 2.11. The third-order valence-corrected chi connectivity index (χ3v) is 3.10. The molecule has 0 nitrogen and oxygen atoms in total. The van der Waals surface area contributed by atoms with E-state index in [-0.39, 0.29) is 0 Å². The molecule has 10 heavy (non-hydrogen) atoms. The maximum Gasteiger partial charge on any atom is 0.0964 e. The highest BCUT2D eigenvalue weighted by Crippen LogP contribution is 2.30. The summed E-state index contributed by atoms with van der Waals surface area (Å²) in [6.07, 6.45) is 7.50. The third-order valence-electron chi connectivity index (χ3n) is 3.10. The predicted octanol–water partition coefficient (Wildman–Crippen LogP) is 0.927. The molecule has 0 aromatic heterocycles. The van der Waals surface area contributed by atoms with E-state index in [9.17, 15) is 0 Å². The quantitative estimate of drug-likeness (QED) is 0.492. The first kappa shape index (κ1) is 8.29. The van der Waals surface area contributed by atoms with Crippen molar-refractivity contribution in [3.8, 4) is 0 Å². The van der Waals surface area contributed by atoms with Crippen LogP contribution in [0.3, 0.4) is 0 Å². The lowest BCUT2D eigenvalue weighted by Crippen LogP contribution is -2.26. The summed E-state index contributed by atoms with van der Waals surface area (Å²) >= 11 is 0. The minimum absolute atomic E-state index is 0.986. The van der Waals surface area contributed by atoms with Crippen molar-refractivity contribution in [1.29, 1.82) is 0 Å². The van der Waals surface area contributed by atoms with Gasteiger partial charge >= 0.3 is 0 Å². The first-order valence-corrected chi connectivity index (χ1v) is 4.84. The fraction of sp³-hybridized carbons (Fsp3) is 1.00. The predicted molar refractivity (Wildman–Crippen MR) is 54.1 cm³/mol. The van der Waals surface area contributed by atoms with Crippen molar-refractivity contribution >= 4 is 21.4 Å². The summed E-state index contributed by atoms with van der Waals surface area (Å²) in [5, 5.41) is 0. The van der Waals surface area contributed by atoms with Gasteiger partial charge in [-0.25, -0.2) is 0 Å². The second-order valence-electron chi connectivity index (χ2n) is 3.78. The van der Waals surface area contributed by atoms with Crippen LogP contribution in [0.2, 0.25) is 12.6 Å². The van der Waals surface area contributed by atoms with E-state index in [0.29, 0.717) is 0 Å². The van der Waals surface area contributed by atoms with Crippen LogP contribution in [0.5, 0.6) is 0 Å². The van der Waals surface area contributed by atoms with Crippen LogP contribution >= 0.6 is 0 Å². The normalized spacial score (nSPS) is 20.5. The van der Waals surface area contributed by atoms with Crippen LogP contribution < -0.4 is 0 Å². The molecule has 1 fully saturated rings. The molecule has 3 heteroatoms. The summed E-state index contributed by atoms with van der Waals surface area (Å²) in [5.74, 6) is 1.07. The topological polar surface area (TPSA) is 0 Å². The average molecular weight is 134 g/mol. The van der Waals surface area contributed by atoms with Crippen molar-refractivity contribution in [2.24, 2.45) is 0 Å². The van der Waals surface area contributed by atoms with Crippen LogP contribution in [-0.4, -0.2) is 21.4 Å². The van der Waals surface area contributed by atoms with Gasteiger partial charge in [-0.1, -0.05) is 44.7 Å². The molecule has 0 aromatic rings. The lowest BCUT2D eigenvalue weighted by molar-refractivity contribution is 0.499. The molecule has 0 heterocycles. The molecule has 0 N–H and O–H groups in total. The standard InChI is InChI=1S/C7H17B3/c1-10(9-8)7-5-3-2-4-6-7/h7,9H,2-6,8H2,1H3. The molecule has 1 aliphatic carbocycles. The monoisotopic (exact) mass is 134 g/mol. The molecule has 1 rings (SSSR count). The summed E-state index contributed by atoms with van der Waals surface area (Å²) in [6, 6.07) is 0. The average Bonchev–Trinajstić information content (AvgIpc) is 2.05. The van der Waals surface area contributed by atoms with Gasteiger partial charge in [0.15, 0.2) is 0 Å². The first-order valence-electron chi connectivity index (χ1n) is 4.84. The largest absolute Gasteiger partial charge is 0.0964 e. The Labute approximate surface area is 66.9 Å². The van der Waals surface area contributed by atoms with Gasteiger partial charge in [-0.3, -0.25) is 0 Å². The summed E-state index contributed by atoms with van der Waals surface area (Å²) in [7, 11) is 3.70. The zero-order chi connectivity index (χ0) is 7.40. The Morgan fingerprint density at radius 2 is 1.90 bits per heavy atom. The maximum absolute atomic E-state index is 2.41. The van der Waals surface area contributed by atoms with Crippen molar-refractivity contribution in [3.05, 3.63) is 0 Å². The zero-order valence-electron chi connectivity index (χ0n) is 7.40. The molecule has 0 unspecified atom stereocenters. The molecular weight excluding hydrogens is 117 g/mol. The van der Waals surface area contributed by atoms with Gasteiger partial charge in [-0.2, -0.15) is 0 Å². The molecular formula is C7H17B3. The fourth-order valence-electron chi connectivity index (χ4n) is 2.04. The molecule has 54 valence electrons. The first-order chi connectivity index (χ1) is 4.84. The van der Waals surface area contributed by atoms with Gasteiger partial charge < -0.3 is 0 Å². The van der Waals surface area contributed by atoms with Crippen LogP contribution in [0.4, 0.5) is 0 Å². The van der Waals surface area contributed by atoms with E-state index >= 15 is 0 Å². The van der Waals surface area contributed by atoms with Crippen molar-refractivity contribution in [2.75, 3.05) is 0 Å². The van der Waals surface area contributed by atoms with Crippen LogP contribution in [0.25, 0.3) is 0 Å². The van der Waals surface area contributed by atoms with E-state index in [1.807, 2.05) is 0 Å². The highest BCUT2D eigenvalue weighted by atomic mass is 14.1. The Balaban J connectivity index is 2.24. The molecule has 0 bridgehead atoms. The molecule has 0 aliphatic heterocycles. The second kappa shape index (κ2) is 4.15. The van der Waals surface area contributed by atoms with Crippen molar-refractivity contribution in [2.45, 2.75) is 44.7 Å².